The zero-order valence-electron chi connectivity index (χ0n) is 14.5. The molecule has 134 valence electrons. The number of amides is 1. The number of unbranched alkanes of at least 4 members (excludes halogenated alkanes) is 1. The van der Waals surface area contributed by atoms with Crippen LogP contribution in [0.15, 0.2) is 18.2 Å². The molecule has 1 aliphatic rings. The first-order valence-electron chi connectivity index (χ1n) is 9.04. The molecule has 1 aromatic carbocycles. The number of benzene rings is 1. The molecule has 24 heavy (non-hydrogen) atoms. The maximum Gasteiger partial charge on any atom is 0.220 e. The van der Waals surface area contributed by atoms with Crippen molar-refractivity contribution in [3.8, 4) is 0 Å². The van der Waals surface area contributed by atoms with E-state index in [1.165, 1.54) is 19.4 Å². The smallest absolute Gasteiger partial charge is 0.220 e. The molecule has 0 radical (unpaired) electrons. The first-order valence-corrected chi connectivity index (χ1v) is 9.79. The third kappa shape index (κ3) is 6.62. The highest BCUT2D eigenvalue weighted by molar-refractivity contribution is 6.42. The number of nitrogens with one attached hydrogen (secondary N) is 1. The van der Waals surface area contributed by atoms with Gasteiger partial charge in [-0.1, -0.05) is 42.6 Å². The van der Waals surface area contributed by atoms with Crippen LogP contribution in [0.3, 0.4) is 0 Å². The van der Waals surface area contributed by atoms with Gasteiger partial charge in [-0.15, -0.1) is 0 Å². The van der Waals surface area contributed by atoms with Crippen LogP contribution in [0.2, 0.25) is 10.0 Å². The lowest BCUT2D eigenvalue weighted by atomic mass is 10.0. The van der Waals surface area contributed by atoms with Gasteiger partial charge in [0.1, 0.15) is 0 Å². The molecule has 0 unspecified atom stereocenters. The number of likely N-dealkylation sites (tertiary alicyclic amines) is 1. The monoisotopic (exact) mass is 370 g/mol. The van der Waals surface area contributed by atoms with Crippen LogP contribution in [0.1, 0.15) is 51.0 Å². The lowest BCUT2D eigenvalue weighted by molar-refractivity contribution is -0.122. The molecule has 3 nitrogen and oxygen atoms in total. The van der Waals surface area contributed by atoms with Crippen molar-refractivity contribution < 1.29 is 4.79 Å². The molecule has 0 spiro atoms. The third-order valence-electron chi connectivity index (χ3n) is 4.63. The lowest BCUT2D eigenvalue weighted by Gasteiger charge is -2.32. The third-order valence-corrected chi connectivity index (χ3v) is 5.37. The molecule has 1 saturated heterocycles. The van der Waals surface area contributed by atoms with Gasteiger partial charge < -0.3 is 10.2 Å². The molecule has 5 heteroatoms. The number of rotatable bonds is 8. The zero-order valence-corrected chi connectivity index (χ0v) is 16.0. The van der Waals surface area contributed by atoms with Crippen molar-refractivity contribution in [2.24, 2.45) is 0 Å². The van der Waals surface area contributed by atoms with Crippen LogP contribution in [0.5, 0.6) is 0 Å². The Hall–Kier alpha value is -0.770. The van der Waals surface area contributed by atoms with Crippen LogP contribution in [0.4, 0.5) is 0 Å². The summed E-state index contributed by atoms with van der Waals surface area (Å²) >= 11 is 11.9. The Balaban J connectivity index is 1.62. The van der Waals surface area contributed by atoms with E-state index in [-0.39, 0.29) is 5.91 Å². The van der Waals surface area contributed by atoms with Crippen LogP contribution >= 0.6 is 23.2 Å². The maximum absolute atomic E-state index is 12.1. The summed E-state index contributed by atoms with van der Waals surface area (Å²) in [5, 5.41) is 4.34. The highest BCUT2D eigenvalue weighted by atomic mass is 35.5. The zero-order chi connectivity index (χ0) is 17.4. The van der Waals surface area contributed by atoms with Crippen LogP contribution in [-0.2, 0) is 11.2 Å². The maximum atomic E-state index is 12.1. The van der Waals surface area contributed by atoms with E-state index in [1.807, 2.05) is 18.2 Å². The SMILES string of the molecule is CCCCN1CCC(NC(=O)CCCc2ccc(Cl)c(Cl)c2)CC1. The Bertz CT molecular complexity index is 528. The summed E-state index contributed by atoms with van der Waals surface area (Å²) in [6.07, 6.45) is 6.90. The average Bonchev–Trinajstić information content (AvgIpc) is 2.57. The largest absolute Gasteiger partial charge is 0.353 e. The van der Waals surface area contributed by atoms with Crippen LogP contribution < -0.4 is 5.32 Å². The van der Waals surface area contributed by atoms with Gasteiger partial charge in [0, 0.05) is 25.6 Å². The molecule has 0 aromatic heterocycles. The fourth-order valence-corrected chi connectivity index (χ4v) is 3.45. The molecule has 1 aliphatic heterocycles. The predicted molar refractivity (Wildman–Crippen MR) is 102 cm³/mol. The molecule has 1 heterocycles. The minimum atomic E-state index is 0.169. The molecule has 0 saturated carbocycles. The second kappa shape index (κ2) is 10.3. The molecule has 1 amide bonds. The minimum absolute atomic E-state index is 0.169. The summed E-state index contributed by atoms with van der Waals surface area (Å²) in [4.78, 5) is 14.6. The summed E-state index contributed by atoms with van der Waals surface area (Å²) in [7, 11) is 0. The quantitative estimate of drug-likeness (QED) is 0.719. The second-order valence-corrected chi connectivity index (χ2v) is 7.45. The van der Waals surface area contributed by atoms with Gasteiger partial charge >= 0.3 is 0 Å². The molecular formula is C19H28Cl2N2O. The standard InChI is InChI=1S/C19H28Cl2N2O/c1-2-3-11-23-12-9-16(10-13-23)22-19(24)6-4-5-15-7-8-17(20)18(21)14-15/h7-8,14,16H,2-6,9-13H2,1H3,(H,22,24). The first-order chi connectivity index (χ1) is 11.6. The van der Waals surface area contributed by atoms with E-state index < -0.39 is 0 Å². The topological polar surface area (TPSA) is 32.3 Å². The summed E-state index contributed by atoms with van der Waals surface area (Å²) < 4.78 is 0. The summed E-state index contributed by atoms with van der Waals surface area (Å²) in [5.41, 5.74) is 1.13. The Morgan fingerprint density at radius 3 is 2.62 bits per heavy atom. The summed E-state index contributed by atoms with van der Waals surface area (Å²) in [5.74, 6) is 0.169. The van der Waals surface area contributed by atoms with E-state index >= 15 is 0 Å². The Labute approximate surface area is 155 Å². The van der Waals surface area contributed by atoms with Gasteiger partial charge in [-0.05, 0) is 56.3 Å². The van der Waals surface area contributed by atoms with E-state index in [9.17, 15) is 4.79 Å². The molecular weight excluding hydrogens is 343 g/mol. The summed E-state index contributed by atoms with van der Waals surface area (Å²) in [6.45, 7) is 5.63. The van der Waals surface area contributed by atoms with Gasteiger partial charge in [-0.2, -0.15) is 0 Å². The number of piperidine rings is 1. The van der Waals surface area contributed by atoms with Crippen molar-refractivity contribution in [2.75, 3.05) is 19.6 Å². The van der Waals surface area contributed by atoms with Gasteiger partial charge in [0.15, 0.2) is 0 Å². The Morgan fingerprint density at radius 2 is 1.96 bits per heavy atom. The van der Waals surface area contributed by atoms with Crippen LogP contribution in [-0.4, -0.2) is 36.5 Å². The van der Waals surface area contributed by atoms with E-state index in [2.05, 4.69) is 17.1 Å². The number of carbonyl (C=O) groups excluding carboxylic acids is 1. The van der Waals surface area contributed by atoms with E-state index in [1.54, 1.807) is 0 Å². The highest BCUT2D eigenvalue weighted by Gasteiger charge is 2.19. The molecule has 0 bridgehead atoms. The fourth-order valence-electron chi connectivity index (χ4n) is 3.13. The number of aryl methyl sites for hydroxylation is 1. The van der Waals surface area contributed by atoms with Crippen LogP contribution in [0, 0.1) is 0 Å². The van der Waals surface area contributed by atoms with Crippen molar-refractivity contribution in [2.45, 2.75) is 57.9 Å². The average molecular weight is 371 g/mol. The van der Waals surface area contributed by atoms with E-state index in [0.29, 0.717) is 22.5 Å². The number of carbonyl (C=O) groups is 1. The van der Waals surface area contributed by atoms with Crippen LogP contribution in [0.25, 0.3) is 0 Å². The molecule has 0 atom stereocenters. The number of hydrogen-bond donors (Lipinski definition) is 1. The Morgan fingerprint density at radius 1 is 1.21 bits per heavy atom. The van der Waals surface area contributed by atoms with Gasteiger partial charge in [0.05, 0.1) is 10.0 Å². The second-order valence-electron chi connectivity index (χ2n) is 6.64. The highest BCUT2D eigenvalue weighted by Crippen LogP contribution is 2.23. The van der Waals surface area contributed by atoms with Gasteiger partial charge in [0.25, 0.3) is 0 Å². The number of nitrogens with zero attached hydrogens (tertiary/aromatic N) is 1. The van der Waals surface area contributed by atoms with Crippen molar-refractivity contribution in [1.29, 1.82) is 0 Å². The van der Waals surface area contributed by atoms with Crippen molar-refractivity contribution in [3.63, 3.8) is 0 Å². The Kier molecular flexibility index (Phi) is 8.37. The molecule has 2 rings (SSSR count). The molecule has 0 aliphatic carbocycles. The first kappa shape index (κ1) is 19.6. The van der Waals surface area contributed by atoms with Crippen molar-refractivity contribution in [3.05, 3.63) is 33.8 Å². The van der Waals surface area contributed by atoms with Gasteiger partial charge in [-0.25, -0.2) is 0 Å². The molecule has 1 fully saturated rings. The van der Waals surface area contributed by atoms with E-state index in [0.717, 1.165) is 44.3 Å². The van der Waals surface area contributed by atoms with Gasteiger partial charge in [0.2, 0.25) is 5.91 Å². The molecule has 1 N–H and O–H groups in total. The number of halogens is 2. The normalized spacial score (nSPS) is 16.3. The van der Waals surface area contributed by atoms with Crippen molar-refractivity contribution in [1.82, 2.24) is 10.2 Å². The van der Waals surface area contributed by atoms with Gasteiger partial charge in [-0.3, -0.25) is 4.79 Å². The summed E-state index contributed by atoms with van der Waals surface area (Å²) in [6, 6.07) is 6.01. The number of hydrogen-bond acceptors (Lipinski definition) is 2. The van der Waals surface area contributed by atoms with E-state index in [4.69, 9.17) is 23.2 Å². The lowest BCUT2D eigenvalue weighted by Crippen LogP contribution is -2.44. The fraction of sp³-hybridized carbons (Fsp3) is 0.632. The van der Waals surface area contributed by atoms with Crippen molar-refractivity contribution >= 4 is 29.1 Å². The predicted octanol–water partition coefficient (Wildman–Crippen LogP) is 4.70. The molecule has 1 aromatic rings. The minimum Gasteiger partial charge on any atom is -0.353 e.